The maximum absolute atomic E-state index is 13.1. The van der Waals surface area contributed by atoms with Crippen LogP contribution in [0.5, 0.6) is 0 Å². The first-order valence-electron chi connectivity index (χ1n) is 8.36. The highest BCUT2D eigenvalue weighted by Gasteiger charge is 2.54. The molecular weight excluding hydrogens is 499 g/mol. The van der Waals surface area contributed by atoms with Gasteiger partial charge in [-0.25, -0.2) is 4.79 Å². The van der Waals surface area contributed by atoms with Gasteiger partial charge in [0.15, 0.2) is 0 Å². The van der Waals surface area contributed by atoms with Crippen LogP contribution in [0.15, 0.2) is 22.7 Å². The van der Waals surface area contributed by atoms with Crippen LogP contribution in [0.25, 0.3) is 0 Å². The summed E-state index contributed by atoms with van der Waals surface area (Å²) in [5.41, 5.74) is -0.0526. The second kappa shape index (κ2) is 6.72. The molecule has 0 unspecified atom stereocenters. The quantitative estimate of drug-likeness (QED) is 0.519. The van der Waals surface area contributed by atoms with Crippen molar-refractivity contribution >= 4 is 50.5 Å². The third-order valence-electron chi connectivity index (χ3n) is 4.53. The standard InChI is InChI=1S/C18H22BrIN2O3/c1-17(2,3)25-16(24)21-8-9-22(18(11-21)6-7-18)15(23)13-10-12(20)4-5-14(13)19/h4-5,10H,6-9,11H2,1-3H3. The van der Waals surface area contributed by atoms with E-state index in [9.17, 15) is 9.59 Å². The molecule has 1 aliphatic heterocycles. The van der Waals surface area contributed by atoms with Crippen LogP contribution in [-0.2, 0) is 4.74 Å². The van der Waals surface area contributed by atoms with Crippen LogP contribution in [0.1, 0.15) is 44.0 Å². The van der Waals surface area contributed by atoms with E-state index >= 15 is 0 Å². The Kier molecular flexibility index (Phi) is 5.09. The summed E-state index contributed by atoms with van der Waals surface area (Å²) in [5, 5.41) is 0. The lowest BCUT2D eigenvalue weighted by Crippen LogP contribution is -2.58. The molecule has 0 atom stereocenters. The molecule has 0 radical (unpaired) electrons. The van der Waals surface area contributed by atoms with E-state index in [0.717, 1.165) is 20.9 Å². The Morgan fingerprint density at radius 1 is 1.24 bits per heavy atom. The van der Waals surface area contributed by atoms with E-state index in [4.69, 9.17) is 4.74 Å². The van der Waals surface area contributed by atoms with Gasteiger partial charge in [-0.2, -0.15) is 0 Å². The van der Waals surface area contributed by atoms with Crippen molar-refractivity contribution in [1.82, 2.24) is 9.80 Å². The molecule has 7 heteroatoms. The summed E-state index contributed by atoms with van der Waals surface area (Å²) in [6.45, 7) is 7.19. The lowest BCUT2D eigenvalue weighted by atomic mass is 10.1. The van der Waals surface area contributed by atoms with Gasteiger partial charge in [-0.15, -0.1) is 0 Å². The number of nitrogens with zero attached hydrogens (tertiary/aromatic N) is 2. The van der Waals surface area contributed by atoms with Crippen molar-refractivity contribution in [2.45, 2.75) is 44.8 Å². The molecule has 2 amide bonds. The molecule has 1 aromatic rings. The Morgan fingerprint density at radius 3 is 2.52 bits per heavy atom. The summed E-state index contributed by atoms with van der Waals surface area (Å²) >= 11 is 5.70. The molecule has 1 spiro atoms. The van der Waals surface area contributed by atoms with Crippen LogP contribution in [0.4, 0.5) is 4.79 Å². The van der Waals surface area contributed by atoms with Gasteiger partial charge < -0.3 is 14.5 Å². The van der Waals surface area contributed by atoms with Gasteiger partial charge in [0.25, 0.3) is 5.91 Å². The van der Waals surface area contributed by atoms with Crippen molar-refractivity contribution in [3.8, 4) is 0 Å². The van der Waals surface area contributed by atoms with Gasteiger partial charge in [0.1, 0.15) is 5.60 Å². The Labute approximate surface area is 170 Å². The summed E-state index contributed by atoms with van der Waals surface area (Å²) in [7, 11) is 0. The smallest absolute Gasteiger partial charge is 0.410 e. The number of ether oxygens (including phenoxy) is 1. The summed E-state index contributed by atoms with van der Waals surface area (Å²) in [5.74, 6) is 0.0340. The predicted octanol–water partition coefficient (Wildman–Crippen LogP) is 4.28. The molecule has 25 heavy (non-hydrogen) atoms. The van der Waals surface area contributed by atoms with Gasteiger partial charge in [0.2, 0.25) is 0 Å². The van der Waals surface area contributed by atoms with E-state index in [1.54, 1.807) is 4.90 Å². The van der Waals surface area contributed by atoms with Crippen LogP contribution in [0.3, 0.4) is 0 Å². The number of carbonyl (C=O) groups excluding carboxylic acids is 2. The minimum atomic E-state index is -0.508. The van der Waals surface area contributed by atoms with E-state index in [2.05, 4.69) is 38.5 Å². The van der Waals surface area contributed by atoms with Gasteiger partial charge in [-0.1, -0.05) is 0 Å². The van der Waals surface area contributed by atoms with Crippen molar-refractivity contribution in [1.29, 1.82) is 0 Å². The lowest BCUT2D eigenvalue weighted by Gasteiger charge is -2.42. The zero-order valence-corrected chi connectivity index (χ0v) is 18.4. The lowest BCUT2D eigenvalue weighted by molar-refractivity contribution is 0.000611. The van der Waals surface area contributed by atoms with Crippen molar-refractivity contribution in [3.05, 3.63) is 31.8 Å². The Morgan fingerprint density at radius 2 is 1.92 bits per heavy atom. The number of rotatable bonds is 1. The Bertz CT molecular complexity index is 713. The maximum atomic E-state index is 13.1. The molecule has 5 nitrogen and oxygen atoms in total. The maximum Gasteiger partial charge on any atom is 0.410 e. The van der Waals surface area contributed by atoms with E-state index in [-0.39, 0.29) is 17.5 Å². The first-order chi connectivity index (χ1) is 11.6. The minimum Gasteiger partial charge on any atom is -0.444 e. The molecule has 1 heterocycles. The SMILES string of the molecule is CC(C)(C)OC(=O)N1CCN(C(=O)c2cc(I)ccc2Br)C2(CC2)C1. The highest BCUT2D eigenvalue weighted by molar-refractivity contribution is 14.1. The van der Waals surface area contributed by atoms with Crippen LogP contribution in [-0.4, -0.2) is 52.6 Å². The molecule has 0 N–H and O–H groups in total. The number of carbonyl (C=O) groups is 2. The zero-order chi connectivity index (χ0) is 18.4. The van der Waals surface area contributed by atoms with Crippen molar-refractivity contribution < 1.29 is 14.3 Å². The van der Waals surface area contributed by atoms with Crippen molar-refractivity contribution in [2.24, 2.45) is 0 Å². The molecule has 136 valence electrons. The highest BCUT2D eigenvalue weighted by atomic mass is 127. The largest absolute Gasteiger partial charge is 0.444 e. The molecule has 0 bridgehead atoms. The van der Waals surface area contributed by atoms with E-state index < -0.39 is 5.60 Å². The third-order valence-corrected chi connectivity index (χ3v) is 5.90. The number of benzene rings is 1. The van der Waals surface area contributed by atoms with Gasteiger partial charge >= 0.3 is 6.09 Å². The fourth-order valence-corrected chi connectivity index (χ4v) is 4.06. The number of halogens is 2. The van der Waals surface area contributed by atoms with E-state index in [1.165, 1.54) is 0 Å². The van der Waals surface area contributed by atoms with Crippen molar-refractivity contribution in [2.75, 3.05) is 19.6 Å². The molecule has 1 aliphatic carbocycles. The van der Waals surface area contributed by atoms with Crippen LogP contribution in [0, 0.1) is 3.57 Å². The topological polar surface area (TPSA) is 49.9 Å². The van der Waals surface area contributed by atoms with E-state index in [1.807, 2.05) is 43.9 Å². The Hall–Kier alpha value is -0.830. The third kappa shape index (κ3) is 4.13. The first-order valence-corrected chi connectivity index (χ1v) is 10.2. The normalized spacial score (nSPS) is 19.1. The summed E-state index contributed by atoms with van der Waals surface area (Å²) in [6, 6.07) is 5.78. The number of hydrogen-bond donors (Lipinski definition) is 0. The highest BCUT2D eigenvalue weighted by Crippen LogP contribution is 2.45. The predicted molar refractivity (Wildman–Crippen MR) is 108 cm³/mol. The summed E-state index contributed by atoms with van der Waals surface area (Å²) < 4.78 is 7.33. The second-order valence-corrected chi connectivity index (χ2v) is 9.81. The number of piperazine rings is 1. The molecule has 1 aromatic carbocycles. The summed E-state index contributed by atoms with van der Waals surface area (Å²) in [4.78, 5) is 29.1. The molecule has 2 fully saturated rings. The number of hydrogen-bond acceptors (Lipinski definition) is 3. The van der Waals surface area contributed by atoms with Crippen molar-refractivity contribution in [3.63, 3.8) is 0 Å². The first kappa shape index (κ1) is 18.9. The van der Waals surface area contributed by atoms with Gasteiger partial charge in [0.05, 0.1) is 11.1 Å². The second-order valence-electron chi connectivity index (χ2n) is 7.71. The van der Waals surface area contributed by atoms with E-state index in [0.29, 0.717) is 25.2 Å². The van der Waals surface area contributed by atoms with Crippen LogP contribution >= 0.6 is 38.5 Å². The van der Waals surface area contributed by atoms with Gasteiger partial charge in [-0.3, -0.25) is 4.79 Å². The molecule has 2 aliphatic rings. The fraction of sp³-hybridized carbons (Fsp3) is 0.556. The minimum absolute atomic E-state index is 0.0340. The average Bonchev–Trinajstić information content (AvgIpc) is 3.27. The monoisotopic (exact) mass is 520 g/mol. The van der Waals surface area contributed by atoms with Crippen LogP contribution < -0.4 is 0 Å². The average molecular weight is 521 g/mol. The molecular formula is C18H22BrIN2O3. The molecule has 1 saturated carbocycles. The van der Waals surface area contributed by atoms with Crippen LogP contribution in [0.2, 0.25) is 0 Å². The fourth-order valence-electron chi connectivity index (χ4n) is 3.16. The van der Waals surface area contributed by atoms with Gasteiger partial charge in [0, 0.05) is 27.7 Å². The molecule has 1 saturated heterocycles. The Balaban J connectivity index is 1.75. The molecule has 3 rings (SSSR count). The molecule has 0 aromatic heterocycles. The zero-order valence-electron chi connectivity index (χ0n) is 14.6. The summed E-state index contributed by atoms with van der Waals surface area (Å²) in [6.07, 6.45) is 1.57. The van der Waals surface area contributed by atoms with Gasteiger partial charge in [-0.05, 0) is 90.3 Å². The number of amides is 2.